The van der Waals surface area contributed by atoms with Gasteiger partial charge in [-0.15, -0.1) is 53.3 Å². The van der Waals surface area contributed by atoms with E-state index in [1.165, 1.54) is 58.1 Å². The molecule has 0 aliphatic heterocycles. The van der Waals surface area contributed by atoms with E-state index < -0.39 is 14.7 Å². The molecule has 0 spiro atoms. The van der Waals surface area contributed by atoms with Gasteiger partial charge in [0.25, 0.3) is 0 Å². The molecule has 6 aromatic heterocycles. The van der Waals surface area contributed by atoms with Crippen LogP contribution in [-0.4, -0.2) is 82.7 Å². The Hall–Kier alpha value is -6.69. The quantitative estimate of drug-likeness (QED) is 0.0648. The summed E-state index contributed by atoms with van der Waals surface area (Å²) in [5, 5.41) is 45.4. The van der Waals surface area contributed by atoms with E-state index in [0.717, 1.165) is 72.9 Å². The van der Waals surface area contributed by atoms with Gasteiger partial charge in [0.15, 0.2) is 32.9 Å². The lowest BCUT2D eigenvalue weighted by atomic mass is 10.1. The van der Waals surface area contributed by atoms with Crippen LogP contribution in [0.3, 0.4) is 0 Å². The molecule has 0 radical (unpaired) electrons. The molecular formula is C53H48N12O4S6. The van der Waals surface area contributed by atoms with E-state index in [1.54, 1.807) is 22.7 Å². The molecule has 0 saturated heterocycles. The number of hydrogen-bond acceptors (Lipinski definition) is 16. The SMILES string of the molecule is CCn1c(SC(C)C(=O)Nc2ccc(-c3cc(-c4nnc(SC5(C(=O)Nc6ccccc6)CC5)n4C(C)=O)cs3)cc2)nnc1-c1csc(-c2ccc(NC(=O)C3(Sc4nnc(-c5ccsc5)n4CC)CC3)cc2)c1. The molecule has 380 valence electrons. The average Bonchev–Trinajstić information content (AvgIpc) is 3.87. The molecule has 9 aromatic rings. The van der Waals surface area contributed by atoms with Gasteiger partial charge in [0.05, 0.1) is 5.25 Å². The maximum absolute atomic E-state index is 13.6. The Morgan fingerprint density at radius 2 is 1.07 bits per heavy atom. The number of rotatable bonds is 19. The fourth-order valence-electron chi connectivity index (χ4n) is 8.38. The van der Waals surface area contributed by atoms with E-state index in [9.17, 15) is 19.2 Å². The minimum atomic E-state index is -0.715. The van der Waals surface area contributed by atoms with E-state index in [4.69, 9.17) is 0 Å². The molecule has 6 heterocycles. The molecule has 16 nitrogen and oxygen atoms in total. The first-order valence-corrected chi connectivity index (χ1v) is 29.4. The van der Waals surface area contributed by atoms with Gasteiger partial charge in [-0.05, 0) is 118 Å². The first-order chi connectivity index (χ1) is 36.4. The van der Waals surface area contributed by atoms with Gasteiger partial charge in [0.1, 0.15) is 9.49 Å². The van der Waals surface area contributed by atoms with Crippen LogP contribution in [-0.2, 0) is 27.5 Å². The van der Waals surface area contributed by atoms with Crippen LogP contribution >= 0.6 is 69.3 Å². The summed E-state index contributed by atoms with van der Waals surface area (Å²) in [6, 6.07) is 30.9. The van der Waals surface area contributed by atoms with Crippen LogP contribution in [0.15, 0.2) is 134 Å². The van der Waals surface area contributed by atoms with Gasteiger partial charge in [-0.2, -0.15) is 11.3 Å². The third kappa shape index (κ3) is 10.5. The Labute approximate surface area is 456 Å². The molecule has 1 atom stereocenters. The maximum Gasteiger partial charge on any atom is 0.241 e. The minimum Gasteiger partial charge on any atom is -0.325 e. The predicted octanol–water partition coefficient (Wildman–Crippen LogP) is 12.3. The highest BCUT2D eigenvalue weighted by molar-refractivity contribution is 8.02. The monoisotopic (exact) mass is 1110 g/mol. The summed E-state index contributed by atoms with van der Waals surface area (Å²) >= 11 is 8.86. The summed E-state index contributed by atoms with van der Waals surface area (Å²) in [6.45, 7) is 8.74. The van der Waals surface area contributed by atoms with Crippen molar-refractivity contribution in [2.75, 3.05) is 16.0 Å². The zero-order chi connectivity index (χ0) is 51.8. The Morgan fingerprint density at radius 1 is 0.573 bits per heavy atom. The number of para-hydroxylation sites is 1. The maximum atomic E-state index is 13.6. The minimum absolute atomic E-state index is 0.0294. The van der Waals surface area contributed by atoms with Crippen molar-refractivity contribution in [3.63, 3.8) is 0 Å². The predicted molar refractivity (Wildman–Crippen MR) is 302 cm³/mol. The molecule has 2 saturated carbocycles. The van der Waals surface area contributed by atoms with Crippen molar-refractivity contribution in [3.8, 4) is 55.0 Å². The van der Waals surface area contributed by atoms with Crippen LogP contribution in [0.25, 0.3) is 55.0 Å². The topological polar surface area (TPSA) is 196 Å². The third-order valence-electron chi connectivity index (χ3n) is 12.9. The lowest BCUT2D eigenvalue weighted by Gasteiger charge is -2.15. The summed E-state index contributed by atoms with van der Waals surface area (Å²) in [5.41, 5.74) is 6.74. The van der Waals surface area contributed by atoms with Gasteiger partial charge < -0.3 is 25.1 Å². The van der Waals surface area contributed by atoms with E-state index in [-0.39, 0.29) is 23.6 Å². The van der Waals surface area contributed by atoms with E-state index in [2.05, 4.69) is 74.9 Å². The first kappa shape index (κ1) is 50.5. The zero-order valence-corrected chi connectivity index (χ0v) is 45.9. The fourth-order valence-corrected chi connectivity index (χ4v) is 14.1. The second-order valence-corrected chi connectivity index (χ2v) is 24.7. The number of benzene rings is 3. The van der Waals surface area contributed by atoms with Gasteiger partial charge in [-0.1, -0.05) is 77.8 Å². The number of aromatic nitrogens is 9. The molecule has 3 amide bonds. The van der Waals surface area contributed by atoms with Crippen molar-refractivity contribution in [2.45, 2.75) is 96.7 Å². The van der Waals surface area contributed by atoms with Crippen molar-refractivity contribution in [2.24, 2.45) is 0 Å². The van der Waals surface area contributed by atoms with Crippen molar-refractivity contribution >= 4 is 110 Å². The number of carbonyl (C=O) groups excluding carboxylic acids is 4. The van der Waals surface area contributed by atoms with Crippen molar-refractivity contribution in [3.05, 3.63) is 119 Å². The van der Waals surface area contributed by atoms with E-state index in [1.807, 2.05) is 120 Å². The summed E-state index contributed by atoms with van der Waals surface area (Å²) < 4.78 is 4.29. The highest BCUT2D eigenvalue weighted by Gasteiger charge is 2.53. The molecule has 2 aliphatic rings. The number of hydrogen-bond donors (Lipinski definition) is 3. The Bertz CT molecular complexity index is 3560. The largest absolute Gasteiger partial charge is 0.325 e. The van der Waals surface area contributed by atoms with E-state index in [0.29, 0.717) is 53.4 Å². The van der Waals surface area contributed by atoms with Crippen molar-refractivity contribution in [1.82, 2.24) is 44.3 Å². The smallest absolute Gasteiger partial charge is 0.241 e. The van der Waals surface area contributed by atoms with Crippen molar-refractivity contribution in [1.29, 1.82) is 0 Å². The second kappa shape index (κ2) is 21.1. The average molecular weight is 1110 g/mol. The molecule has 2 fully saturated rings. The van der Waals surface area contributed by atoms with Crippen LogP contribution in [0.1, 0.15) is 58.2 Å². The van der Waals surface area contributed by atoms with Crippen molar-refractivity contribution < 1.29 is 19.2 Å². The number of thioether (sulfide) groups is 3. The molecule has 75 heavy (non-hydrogen) atoms. The van der Waals surface area contributed by atoms with Crippen LogP contribution < -0.4 is 16.0 Å². The molecule has 11 rings (SSSR count). The fraction of sp³-hybridized carbons (Fsp3) is 0.245. The number of anilines is 3. The van der Waals surface area contributed by atoms with Gasteiger partial charge in [-0.3, -0.25) is 19.2 Å². The Morgan fingerprint density at radius 3 is 1.61 bits per heavy atom. The molecule has 1 unspecified atom stereocenters. The Balaban J connectivity index is 0.688. The van der Waals surface area contributed by atoms with Gasteiger partial charge in [0.2, 0.25) is 23.6 Å². The summed E-state index contributed by atoms with van der Waals surface area (Å²) in [7, 11) is 0. The van der Waals surface area contributed by atoms with Crippen LogP contribution in [0, 0.1) is 0 Å². The molecule has 3 aromatic carbocycles. The molecule has 3 N–H and O–H groups in total. The number of carbonyl (C=O) groups is 4. The van der Waals surface area contributed by atoms with Gasteiger partial charge in [0, 0.05) is 79.7 Å². The van der Waals surface area contributed by atoms with E-state index >= 15 is 0 Å². The highest BCUT2D eigenvalue weighted by atomic mass is 32.2. The zero-order valence-electron chi connectivity index (χ0n) is 41.0. The molecule has 2 aliphatic carbocycles. The standard InChI is InChI=1S/C53H48N12O4S6/c1-5-63-44(36-26-41(71-29-36)34-14-18-40(19-15-34)56-47(68)52(21-22-52)74-50-61-57-43(64(50)6-2)35-20-25-70-28-35)58-60-49(63)73-31(3)46(67)54-39-16-12-33(13-17-39)42-27-37(30-72-42)45-59-62-51(65(45)32(4)66)75-53(23-24-53)48(69)55-38-10-8-7-9-11-38/h7-20,25-31H,5-6,21-24H2,1-4H3,(H,54,67)(H,55,69)(H,56,68). The highest BCUT2D eigenvalue weighted by Crippen LogP contribution is 2.53. The summed E-state index contributed by atoms with van der Waals surface area (Å²) in [5.74, 6) is 1.38. The second-order valence-electron chi connectivity index (χ2n) is 18.0. The number of nitrogens with zero attached hydrogens (tertiary/aromatic N) is 9. The number of amides is 3. The summed E-state index contributed by atoms with van der Waals surface area (Å²) in [6.07, 6.45) is 2.89. The number of thiophene rings is 3. The van der Waals surface area contributed by atoms with Gasteiger partial charge >= 0.3 is 0 Å². The van der Waals surface area contributed by atoms with Gasteiger partial charge in [-0.25, -0.2) is 4.57 Å². The normalized spacial score (nSPS) is 14.6. The first-order valence-electron chi connectivity index (χ1n) is 24.2. The van der Waals surface area contributed by atoms with Crippen LogP contribution in [0.5, 0.6) is 0 Å². The lowest BCUT2D eigenvalue weighted by Crippen LogP contribution is -2.27. The number of nitrogens with one attached hydrogen (secondary N) is 3. The molecule has 22 heteroatoms. The third-order valence-corrected chi connectivity index (χ3v) is 19.5. The molecule has 0 bridgehead atoms. The summed E-state index contributed by atoms with van der Waals surface area (Å²) in [4.78, 5) is 55.5. The molecular weight excluding hydrogens is 1060 g/mol. The van der Waals surface area contributed by atoms with Crippen LogP contribution in [0.2, 0.25) is 0 Å². The van der Waals surface area contributed by atoms with Crippen LogP contribution in [0.4, 0.5) is 17.1 Å². The lowest BCUT2D eigenvalue weighted by molar-refractivity contribution is -0.117. The Kier molecular flexibility index (Phi) is 14.2.